The minimum Gasteiger partial charge on any atom is -0.381 e. The van der Waals surface area contributed by atoms with Crippen molar-refractivity contribution in [3.05, 3.63) is 16.6 Å². The Morgan fingerprint density at radius 2 is 2.29 bits per heavy atom. The summed E-state index contributed by atoms with van der Waals surface area (Å²) in [4.78, 5) is 4.44. The van der Waals surface area contributed by atoms with Crippen LogP contribution in [0.4, 0.5) is 0 Å². The van der Waals surface area contributed by atoms with E-state index in [0.29, 0.717) is 6.04 Å². The molecule has 0 N–H and O–H groups in total. The third-order valence-electron chi connectivity index (χ3n) is 2.68. The van der Waals surface area contributed by atoms with Gasteiger partial charge in [-0.15, -0.1) is 0 Å². The molecule has 1 fully saturated rings. The molecule has 1 aliphatic rings. The van der Waals surface area contributed by atoms with Gasteiger partial charge in [-0.25, -0.2) is 4.98 Å². The van der Waals surface area contributed by atoms with Crippen LogP contribution in [0.15, 0.2) is 10.8 Å². The van der Waals surface area contributed by atoms with Crippen LogP contribution < -0.4 is 0 Å². The lowest BCUT2D eigenvalue weighted by Crippen LogP contribution is -2.20. The average Bonchev–Trinajstić information content (AvgIpc) is 2.61. The van der Waals surface area contributed by atoms with Crippen molar-refractivity contribution < 1.29 is 4.74 Å². The normalized spacial score (nSPS) is 18.7. The van der Waals surface area contributed by atoms with E-state index in [4.69, 9.17) is 4.74 Å². The maximum absolute atomic E-state index is 5.36. The zero-order chi connectivity index (χ0) is 9.97. The summed E-state index contributed by atoms with van der Waals surface area (Å²) in [5, 5.41) is 0. The van der Waals surface area contributed by atoms with Gasteiger partial charge in [-0.3, -0.25) is 0 Å². The van der Waals surface area contributed by atoms with Gasteiger partial charge in [0.15, 0.2) is 0 Å². The molecule has 14 heavy (non-hydrogen) atoms. The number of halogens is 1. The molecule has 0 bridgehead atoms. The third kappa shape index (κ3) is 2.01. The molecule has 78 valence electrons. The molecule has 0 saturated carbocycles. The molecule has 0 amide bonds. The number of imidazole rings is 1. The summed E-state index contributed by atoms with van der Waals surface area (Å²) in [7, 11) is 0. The van der Waals surface area contributed by atoms with E-state index in [9.17, 15) is 0 Å². The van der Waals surface area contributed by atoms with E-state index in [-0.39, 0.29) is 0 Å². The van der Waals surface area contributed by atoms with Gasteiger partial charge in [-0.05, 0) is 28.8 Å². The molecule has 2 heterocycles. The Kier molecular flexibility index (Phi) is 3.23. The van der Waals surface area contributed by atoms with Crippen molar-refractivity contribution in [2.24, 2.45) is 0 Å². The zero-order valence-electron chi connectivity index (χ0n) is 8.37. The van der Waals surface area contributed by atoms with Crippen molar-refractivity contribution in [1.29, 1.82) is 0 Å². The third-order valence-corrected chi connectivity index (χ3v) is 3.06. The van der Waals surface area contributed by atoms with E-state index in [1.807, 2.05) is 0 Å². The first-order valence-corrected chi connectivity index (χ1v) is 5.91. The quantitative estimate of drug-likeness (QED) is 0.816. The number of ether oxygens (including phenoxy) is 1. The minimum absolute atomic E-state index is 0.581. The number of nitrogens with zero attached hydrogens (tertiary/aromatic N) is 2. The van der Waals surface area contributed by atoms with Crippen molar-refractivity contribution >= 4 is 15.9 Å². The largest absolute Gasteiger partial charge is 0.381 e. The van der Waals surface area contributed by atoms with E-state index in [0.717, 1.165) is 37.1 Å². The lowest BCUT2D eigenvalue weighted by Gasteiger charge is -2.24. The monoisotopic (exact) mass is 258 g/mol. The van der Waals surface area contributed by atoms with Crippen LogP contribution in [0.2, 0.25) is 0 Å². The highest BCUT2D eigenvalue weighted by molar-refractivity contribution is 9.10. The van der Waals surface area contributed by atoms with E-state index in [2.05, 4.69) is 38.6 Å². The average molecular weight is 259 g/mol. The summed E-state index contributed by atoms with van der Waals surface area (Å²) < 4.78 is 8.60. The predicted molar refractivity (Wildman–Crippen MR) is 58.4 cm³/mol. The van der Waals surface area contributed by atoms with Crippen LogP contribution in [0.25, 0.3) is 0 Å². The summed E-state index contributed by atoms with van der Waals surface area (Å²) in [5.41, 5.74) is 0. The first kappa shape index (κ1) is 10.2. The number of aryl methyl sites for hydroxylation is 1. The molecule has 0 aliphatic carbocycles. The van der Waals surface area contributed by atoms with Crippen molar-refractivity contribution in [3.63, 3.8) is 0 Å². The molecule has 1 aromatic rings. The second-order valence-electron chi connectivity index (χ2n) is 3.58. The molecule has 4 heteroatoms. The Labute approximate surface area is 92.6 Å². The highest BCUT2D eigenvalue weighted by atomic mass is 79.9. The van der Waals surface area contributed by atoms with Gasteiger partial charge in [0.2, 0.25) is 0 Å². The molecular weight excluding hydrogens is 244 g/mol. The molecule has 1 aliphatic heterocycles. The molecule has 0 unspecified atom stereocenters. The Morgan fingerprint density at radius 1 is 1.57 bits per heavy atom. The number of aromatic nitrogens is 2. The Morgan fingerprint density at radius 3 is 2.93 bits per heavy atom. The molecule has 0 aromatic carbocycles. The summed E-state index contributed by atoms with van der Waals surface area (Å²) in [6.07, 6.45) is 5.30. The molecule has 3 nitrogen and oxygen atoms in total. The standard InChI is InChI=1S/C10H15BrN2O/c1-2-10-12-9(11)7-13(10)8-3-5-14-6-4-8/h7-8H,2-6H2,1H3. The first-order valence-electron chi connectivity index (χ1n) is 5.12. The van der Waals surface area contributed by atoms with Crippen LogP contribution in [0.3, 0.4) is 0 Å². The van der Waals surface area contributed by atoms with Gasteiger partial charge < -0.3 is 9.30 Å². The zero-order valence-corrected chi connectivity index (χ0v) is 9.96. The van der Waals surface area contributed by atoms with Gasteiger partial charge >= 0.3 is 0 Å². The fraction of sp³-hybridized carbons (Fsp3) is 0.700. The Bertz CT molecular complexity index is 305. The summed E-state index contributed by atoms with van der Waals surface area (Å²) in [6.45, 7) is 3.90. The van der Waals surface area contributed by atoms with Gasteiger partial charge in [0.05, 0.1) is 0 Å². The molecule has 0 spiro atoms. The Balaban J connectivity index is 2.20. The van der Waals surface area contributed by atoms with Crippen molar-refractivity contribution in [3.8, 4) is 0 Å². The maximum atomic E-state index is 5.36. The van der Waals surface area contributed by atoms with E-state index >= 15 is 0 Å². The predicted octanol–water partition coefficient (Wildman–Crippen LogP) is 2.56. The highest BCUT2D eigenvalue weighted by Crippen LogP contribution is 2.24. The van der Waals surface area contributed by atoms with Crippen LogP contribution in [0.1, 0.15) is 31.6 Å². The second kappa shape index (κ2) is 4.45. The SMILES string of the molecule is CCc1nc(Br)cn1C1CCOCC1. The smallest absolute Gasteiger partial charge is 0.124 e. The van der Waals surface area contributed by atoms with E-state index in [1.54, 1.807) is 0 Å². The minimum atomic E-state index is 0.581. The second-order valence-corrected chi connectivity index (χ2v) is 4.40. The topological polar surface area (TPSA) is 27.1 Å². The van der Waals surface area contributed by atoms with Crippen LogP contribution in [-0.4, -0.2) is 22.8 Å². The summed E-state index contributed by atoms with van der Waals surface area (Å²) >= 11 is 3.43. The highest BCUT2D eigenvalue weighted by Gasteiger charge is 2.18. The van der Waals surface area contributed by atoms with Gasteiger partial charge in [0.1, 0.15) is 10.4 Å². The number of hydrogen-bond donors (Lipinski definition) is 0. The maximum Gasteiger partial charge on any atom is 0.124 e. The summed E-state index contributed by atoms with van der Waals surface area (Å²) in [5.74, 6) is 1.17. The van der Waals surface area contributed by atoms with Gasteiger partial charge in [-0.1, -0.05) is 6.92 Å². The fourth-order valence-electron chi connectivity index (χ4n) is 1.94. The lowest BCUT2D eigenvalue weighted by molar-refractivity contribution is 0.0688. The number of rotatable bonds is 2. The van der Waals surface area contributed by atoms with Crippen molar-refractivity contribution in [1.82, 2.24) is 9.55 Å². The molecule has 2 rings (SSSR count). The van der Waals surface area contributed by atoms with Gasteiger partial charge in [0, 0.05) is 31.9 Å². The molecular formula is C10H15BrN2O. The van der Waals surface area contributed by atoms with E-state index < -0.39 is 0 Å². The van der Waals surface area contributed by atoms with Crippen LogP contribution in [-0.2, 0) is 11.2 Å². The summed E-state index contributed by atoms with van der Waals surface area (Å²) in [6, 6.07) is 0.581. The first-order chi connectivity index (χ1) is 6.81. The Hall–Kier alpha value is -0.350. The van der Waals surface area contributed by atoms with Gasteiger partial charge in [0.25, 0.3) is 0 Å². The van der Waals surface area contributed by atoms with Crippen molar-refractivity contribution in [2.75, 3.05) is 13.2 Å². The van der Waals surface area contributed by atoms with Crippen LogP contribution in [0, 0.1) is 0 Å². The lowest BCUT2D eigenvalue weighted by atomic mass is 10.1. The molecule has 0 radical (unpaired) electrons. The fourth-order valence-corrected chi connectivity index (χ4v) is 2.37. The van der Waals surface area contributed by atoms with Gasteiger partial charge in [-0.2, -0.15) is 0 Å². The van der Waals surface area contributed by atoms with Crippen LogP contribution in [0.5, 0.6) is 0 Å². The van der Waals surface area contributed by atoms with Crippen molar-refractivity contribution in [2.45, 2.75) is 32.2 Å². The number of hydrogen-bond acceptors (Lipinski definition) is 2. The molecule has 0 atom stereocenters. The molecule has 1 aromatic heterocycles. The molecule has 1 saturated heterocycles. The van der Waals surface area contributed by atoms with E-state index in [1.165, 1.54) is 5.82 Å². The van der Waals surface area contributed by atoms with Crippen LogP contribution >= 0.6 is 15.9 Å².